The van der Waals surface area contributed by atoms with E-state index in [1.165, 1.54) is 11.8 Å². The molecule has 434 valence electrons. The number of carboxylic acids is 1. The summed E-state index contributed by atoms with van der Waals surface area (Å²) in [5.41, 5.74) is 25.1. The van der Waals surface area contributed by atoms with Crippen LogP contribution in [0.4, 0.5) is 0 Å². The van der Waals surface area contributed by atoms with Crippen LogP contribution in [0, 0.1) is 5.92 Å². The van der Waals surface area contributed by atoms with E-state index in [9.17, 15) is 38.7 Å². The number of carboxylic acid groups (broad SMARTS) is 1. The first-order valence-corrected chi connectivity index (χ1v) is 27.2. The van der Waals surface area contributed by atoms with E-state index in [2.05, 4.69) is 52.2 Å². The van der Waals surface area contributed by atoms with Crippen LogP contribution < -0.4 is 60.2 Å². The number of carbonyl (C=O) groups is 9. The van der Waals surface area contributed by atoms with Crippen LogP contribution in [0.1, 0.15) is 81.4 Å². The van der Waals surface area contributed by atoms with Crippen molar-refractivity contribution >= 4 is 76.0 Å². The van der Waals surface area contributed by atoms with Crippen LogP contribution >= 0.6 is 0 Å². The van der Waals surface area contributed by atoms with E-state index in [0.717, 1.165) is 16.5 Å². The SMILES string of the molecule is CC(=O)N[C@@H](CCCN=C(N)N)C(=O)NC1CC(=O)NCCCCC(C(=O)O)NC(=O)[C@H](Cc2c[nH]c3ccccc23)NC(=O)[C@H](CCCN=C(N)N)NC(=O)[C@@H](Cc2ccccc2)NC(=O)[C@@H]2C[C@@H](Cc3ccccc3)CN2C1=O. The number of aliphatic carboxylic acids is 1. The van der Waals surface area contributed by atoms with Crippen molar-refractivity contribution in [3.05, 3.63) is 108 Å². The van der Waals surface area contributed by atoms with Gasteiger partial charge in [0.05, 0.1) is 6.42 Å². The molecule has 2 aliphatic heterocycles. The molecule has 0 saturated carbocycles. The molecule has 2 saturated heterocycles. The number of fused-ring (bicyclic) bond motifs is 2. The van der Waals surface area contributed by atoms with E-state index in [4.69, 9.17) is 22.9 Å². The molecule has 25 nitrogen and oxygen atoms in total. The number of carbonyl (C=O) groups excluding carboxylic acids is 8. The molecule has 2 aliphatic rings. The Kier molecular flexibility index (Phi) is 22.9. The first kappa shape index (κ1) is 61.2. The van der Waals surface area contributed by atoms with Gasteiger partial charge in [-0.15, -0.1) is 0 Å². The summed E-state index contributed by atoms with van der Waals surface area (Å²) in [5.74, 6) is -8.08. The molecule has 8 atom stereocenters. The number of amides is 8. The lowest BCUT2D eigenvalue weighted by molar-refractivity contribution is -0.143. The molecule has 17 N–H and O–H groups in total. The topological polar surface area (TPSA) is 406 Å². The van der Waals surface area contributed by atoms with Crippen LogP contribution in [0.2, 0.25) is 0 Å². The van der Waals surface area contributed by atoms with Crippen LogP contribution in [0.15, 0.2) is 101 Å². The lowest BCUT2D eigenvalue weighted by Gasteiger charge is -2.31. The maximum Gasteiger partial charge on any atom is 0.326 e. The van der Waals surface area contributed by atoms with Crippen LogP contribution in [-0.4, -0.2) is 149 Å². The Bertz CT molecular complexity index is 2890. The van der Waals surface area contributed by atoms with Crippen LogP contribution in [0.25, 0.3) is 10.9 Å². The van der Waals surface area contributed by atoms with E-state index in [-0.39, 0.29) is 108 Å². The van der Waals surface area contributed by atoms with Crippen LogP contribution in [-0.2, 0) is 62.4 Å². The normalized spacial score (nSPS) is 22.1. The molecule has 4 aromatic rings. The number of nitrogens with zero attached hydrogens (tertiary/aromatic N) is 3. The van der Waals surface area contributed by atoms with Gasteiger partial charge in [-0.1, -0.05) is 78.9 Å². The maximum atomic E-state index is 15.2. The quantitative estimate of drug-likeness (QED) is 0.0331. The third-order valence-electron chi connectivity index (χ3n) is 14.1. The van der Waals surface area contributed by atoms with Gasteiger partial charge in [-0.3, -0.25) is 48.3 Å². The number of nitrogens with two attached hydrogens (primary N) is 4. The smallest absolute Gasteiger partial charge is 0.326 e. The summed E-state index contributed by atoms with van der Waals surface area (Å²) in [6.45, 7) is 1.38. The van der Waals surface area contributed by atoms with Crippen molar-refractivity contribution in [2.24, 2.45) is 38.8 Å². The highest BCUT2D eigenvalue weighted by Crippen LogP contribution is 2.29. The molecular weight excluding hydrogens is 1040 g/mol. The average Bonchev–Trinajstić information content (AvgIpc) is 4.20. The van der Waals surface area contributed by atoms with Crippen molar-refractivity contribution in [3.63, 3.8) is 0 Å². The Hall–Kier alpha value is -9.03. The molecule has 6 rings (SSSR count). The third kappa shape index (κ3) is 19.1. The standard InChI is InChI=1S/C56H75N15O10/c1-33(72)65-40(21-12-24-62-55(57)58)48(74)70-45-30-47(73)61-23-11-10-20-42(54(80)81)67-51(77)44(29-37-31-64-39-19-9-8-18-38(37)39)68-49(75)41(22-13-25-63-56(59)60)66-50(76)43(27-35-16-6-3-7-17-35)69-52(78)46-28-36(32-71(46)53(45)79)26-34-14-4-2-5-15-34/h2-9,14-19,31,36,40-46,64H,10-13,20-30,32H2,1H3,(H,61,73)(H,65,72)(H,66,76)(H,67,77)(H,68,75)(H,69,78)(H,70,74)(H,80,81)(H4,57,58,62)(H4,59,60,63)/t36-,40+,41+,42?,43-,44+,45?,46+/m1/s1. The molecule has 2 fully saturated rings. The van der Waals surface area contributed by atoms with E-state index in [1.807, 2.05) is 54.6 Å². The van der Waals surface area contributed by atoms with Crippen molar-refractivity contribution < 1.29 is 48.3 Å². The molecule has 3 heterocycles. The van der Waals surface area contributed by atoms with Crippen molar-refractivity contribution in [1.29, 1.82) is 0 Å². The van der Waals surface area contributed by atoms with Crippen molar-refractivity contribution in [2.75, 3.05) is 26.2 Å². The third-order valence-corrected chi connectivity index (χ3v) is 14.1. The number of aromatic nitrogens is 1. The lowest BCUT2D eigenvalue weighted by atomic mass is 9.96. The van der Waals surface area contributed by atoms with Gasteiger partial charge in [-0.2, -0.15) is 0 Å². The van der Waals surface area contributed by atoms with Gasteiger partial charge in [0.1, 0.15) is 42.3 Å². The highest BCUT2D eigenvalue weighted by molar-refractivity contribution is 5.99. The second-order valence-corrected chi connectivity index (χ2v) is 20.4. The number of nitrogens with one attached hydrogen (secondary N) is 8. The summed E-state index contributed by atoms with van der Waals surface area (Å²) < 4.78 is 0. The summed E-state index contributed by atoms with van der Waals surface area (Å²) in [7, 11) is 0. The number of hydrogen-bond acceptors (Lipinski definition) is 11. The largest absolute Gasteiger partial charge is 0.480 e. The number of benzene rings is 3. The molecule has 0 spiro atoms. The van der Waals surface area contributed by atoms with Crippen molar-refractivity contribution in [3.8, 4) is 0 Å². The Morgan fingerprint density at radius 3 is 1.98 bits per heavy atom. The molecule has 0 radical (unpaired) electrons. The van der Waals surface area contributed by atoms with Gasteiger partial charge < -0.3 is 75.1 Å². The number of aliphatic imine (C=N–C) groups is 2. The van der Waals surface area contributed by atoms with Gasteiger partial charge in [-0.05, 0) is 86.5 Å². The Morgan fingerprint density at radius 1 is 0.716 bits per heavy atom. The molecule has 0 bridgehead atoms. The van der Waals surface area contributed by atoms with Gasteiger partial charge in [0.25, 0.3) is 0 Å². The van der Waals surface area contributed by atoms with Crippen molar-refractivity contribution in [2.45, 2.75) is 126 Å². The minimum atomic E-state index is -1.59. The van der Waals surface area contributed by atoms with Gasteiger partial charge in [0.2, 0.25) is 47.3 Å². The zero-order chi connectivity index (χ0) is 58.4. The minimum Gasteiger partial charge on any atom is -0.480 e. The number of para-hydroxylation sites is 1. The molecule has 8 amide bonds. The Balaban J connectivity index is 1.40. The monoisotopic (exact) mass is 1120 g/mol. The predicted octanol–water partition coefficient (Wildman–Crippen LogP) is -0.776. The van der Waals surface area contributed by atoms with Gasteiger partial charge in [0, 0.05) is 63.0 Å². The van der Waals surface area contributed by atoms with E-state index >= 15 is 9.59 Å². The zero-order valence-electron chi connectivity index (χ0n) is 45.4. The van der Waals surface area contributed by atoms with Gasteiger partial charge >= 0.3 is 5.97 Å². The molecular formula is C56H75N15O10. The van der Waals surface area contributed by atoms with Crippen LogP contribution in [0.5, 0.6) is 0 Å². The number of H-pyrrole nitrogens is 1. The van der Waals surface area contributed by atoms with Crippen LogP contribution in [0.3, 0.4) is 0 Å². The fourth-order valence-electron chi connectivity index (χ4n) is 10.1. The fraction of sp³-hybridized carbons (Fsp3) is 0.446. The van der Waals surface area contributed by atoms with Crippen molar-refractivity contribution in [1.82, 2.24) is 47.1 Å². The molecule has 81 heavy (non-hydrogen) atoms. The van der Waals surface area contributed by atoms with Gasteiger partial charge in [-0.25, -0.2) is 4.79 Å². The molecule has 1 aromatic heterocycles. The average molecular weight is 1120 g/mol. The first-order chi connectivity index (χ1) is 38.8. The Labute approximate surface area is 469 Å². The van der Waals surface area contributed by atoms with Gasteiger partial charge in [0.15, 0.2) is 11.9 Å². The molecule has 3 aromatic carbocycles. The highest BCUT2D eigenvalue weighted by atomic mass is 16.4. The minimum absolute atomic E-state index is 0.00174. The fourth-order valence-corrected chi connectivity index (χ4v) is 10.1. The zero-order valence-corrected chi connectivity index (χ0v) is 45.4. The van der Waals surface area contributed by atoms with E-state index in [0.29, 0.717) is 17.5 Å². The Morgan fingerprint density at radius 2 is 1.31 bits per heavy atom. The first-order valence-electron chi connectivity index (χ1n) is 27.2. The lowest BCUT2D eigenvalue weighted by Crippen LogP contribution is -2.60. The number of hydrogen-bond donors (Lipinski definition) is 13. The summed E-state index contributed by atoms with van der Waals surface area (Å²) in [6.07, 6.45) is 2.08. The number of guanidine groups is 2. The second-order valence-electron chi connectivity index (χ2n) is 20.4. The summed E-state index contributed by atoms with van der Waals surface area (Å²) in [5, 5.41) is 30.2. The molecule has 0 aliphatic carbocycles. The number of aromatic amines is 1. The molecule has 25 heteroatoms. The molecule has 2 unspecified atom stereocenters. The van der Waals surface area contributed by atoms with E-state index < -0.39 is 102 Å². The second kappa shape index (κ2) is 30.4. The maximum absolute atomic E-state index is 15.2. The number of rotatable bonds is 18. The predicted molar refractivity (Wildman–Crippen MR) is 302 cm³/mol. The summed E-state index contributed by atoms with van der Waals surface area (Å²) in [6, 6.07) is 15.8. The summed E-state index contributed by atoms with van der Waals surface area (Å²) >= 11 is 0. The summed E-state index contributed by atoms with van der Waals surface area (Å²) in [4.78, 5) is 140. The highest BCUT2D eigenvalue weighted by Gasteiger charge is 2.44. The van der Waals surface area contributed by atoms with E-state index in [1.54, 1.807) is 36.5 Å².